The van der Waals surface area contributed by atoms with E-state index >= 15 is 0 Å². The molecule has 0 radical (unpaired) electrons. The van der Waals surface area contributed by atoms with Gasteiger partial charge in [-0.3, -0.25) is 0 Å². The lowest BCUT2D eigenvalue weighted by Gasteiger charge is -2.35. The maximum Gasteiger partial charge on any atom is 0.355 e. The van der Waals surface area contributed by atoms with E-state index in [4.69, 9.17) is 5.11 Å². The average molecular weight is 326 g/mol. The van der Waals surface area contributed by atoms with E-state index in [1.807, 2.05) is 0 Å². The number of carboxylic acid groups (broad SMARTS) is 1. The van der Waals surface area contributed by atoms with Crippen LogP contribution in [0.25, 0.3) is 0 Å². The first-order chi connectivity index (χ1) is 9.06. The summed E-state index contributed by atoms with van der Waals surface area (Å²) in [4.78, 5) is 22.1. The van der Waals surface area contributed by atoms with Gasteiger partial charge in [-0.05, 0) is 48.7 Å². The fraction of sp³-hybridized carbons (Fsp3) is 0.615. The van der Waals surface area contributed by atoms with Gasteiger partial charge in [0.25, 0.3) is 0 Å². The van der Waals surface area contributed by atoms with Crippen molar-refractivity contribution in [2.45, 2.75) is 43.7 Å². The zero-order chi connectivity index (χ0) is 13.6. The number of carbonyl (C=O) groups is 1. The number of fused-ring (bicyclic) bond motifs is 2. The number of aromatic carboxylic acids is 1. The standard InChI is InChI=1S/C13H16BrN3O2/c1-17-8-2-3-9(17)5-7(4-8)12-15-6-10(14)11(16-12)13(18)19/h6-9H,2-5H2,1H3,(H,18,19). The molecule has 2 saturated heterocycles. The Morgan fingerprint density at radius 3 is 2.63 bits per heavy atom. The van der Waals surface area contributed by atoms with Crippen LogP contribution in [0, 0.1) is 0 Å². The van der Waals surface area contributed by atoms with E-state index in [0.717, 1.165) is 12.8 Å². The smallest absolute Gasteiger partial charge is 0.355 e. The zero-order valence-corrected chi connectivity index (χ0v) is 12.3. The van der Waals surface area contributed by atoms with Crippen molar-refractivity contribution in [3.8, 4) is 0 Å². The lowest BCUT2D eigenvalue weighted by atomic mass is 9.90. The first-order valence-electron chi connectivity index (χ1n) is 6.54. The van der Waals surface area contributed by atoms with Gasteiger partial charge in [0.2, 0.25) is 0 Å². The molecule has 1 N–H and O–H groups in total. The summed E-state index contributed by atoms with van der Waals surface area (Å²) < 4.78 is 0.444. The highest BCUT2D eigenvalue weighted by atomic mass is 79.9. The van der Waals surface area contributed by atoms with Crippen LogP contribution in [-0.2, 0) is 0 Å². The van der Waals surface area contributed by atoms with Crippen molar-refractivity contribution >= 4 is 21.9 Å². The van der Waals surface area contributed by atoms with Crippen molar-refractivity contribution in [1.29, 1.82) is 0 Å². The third kappa shape index (κ3) is 2.27. The summed E-state index contributed by atoms with van der Waals surface area (Å²) in [6.45, 7) is 0. The fourth-order valence-electron chi connectivity index (χ4n) is 3.35. The van der Waals surface area contributed by atoms with Crippen molar-refractivity contribution in [1.82, 2.24) is 14.9 Å². The molecule has 6 heteroatoms. The topological polar surface area (TPSA) is 66.3 Å². The third-order valence-electron chi connectivity index (χ3n) is 4.43. The first-order valence-corrected chi connectivity index (χ1v) is 7.33. The molecule has 0 spiro atoms. The van der Waals surface area contributed by atoms with E-state index in [0.29, 0.717) is 28.3 Å². The number of nitrogens with zero attached hydrogens (tertiary/aromatic N) is 3. The summed E-state index contributed by atoms with van der Waals surface area (Å²) in [7, 11) is 2.18. The summed E-state index contributed by atoms with van der Waals surface area (Å²) in [5.41, 5.74) is 0.0660. The molecule has 0 amide bonds. The van der Waals surface area contributed by atoms with Crippen LogP contribution in [0.5, 0.6) is 0 Å². The van der Waals surface area contributed by atoms with Gasteiger partial charge in [-0.2, -0.15) is 0 Å². The van der Waals surface area contributed by atoms with Crippen LogP contribution in [0.15, 0.2) is 10.7 Å². The number of rotatable bonds is 2. The Morgan fingerprint density at radius 2 is 2.05 bits per heavy atom. The zero-order valence-electron chi connectivity index (χ0n) is 10.7. The molecule has 2 bridgehead atoms. The molecule has 2 atom stereocenters. The van der Waals surface area contributed by atoms with E-state index < -0.39 is 5.97 Å². The Bertz CT molecular complexity index is 509. The van der Waals surface area contributed by atoms with Gasteiger partial charge in [-0.15, -0.1) is 0 Å². The highest BCUT2D eigenvalue weighted by Gasteiger charge is 2.39. The normalized spacial score (nSPS) is 30.5. The Hall–Kier alpha value is -1.01. The molecule has 2 unspecified atom stereocenters. The second kappa shape index (κ2) is 4.83. The van der Waals surface area contributed by atoms with E-state index in [-0.39, 0.29) is 5.69 Å². The molecule has 2 fully saturated rings. The van der Waals surface area contributed by atoms with E-state index in [9.17, 15) is 4.79 Å². The average Bonchev–Trinajstić information content (AvgIpc) is 2.62. The van der Waals surface area contributed by atoms with Crippen LogP contribution in [0.4, 0.5) is 0 Å². The van der Waals surface area contributed by atoms with Gasteiger partial charge in [0, 0.05) is 24.2 Å². The first kappa shape index (κ1) is 13.0. The molecule has 5 nitrogen and oxygen atoms in total. The molecule has 0 aromatic carbocycles. The fourth-order valence-corrected chi connectivity index (χ4v) is 3.71. The Labute approximate surface area is 120 Å². The number of hydrogen-bond donors (Lipinski definition) is 1. The number of hydrogen-bond acceptors (Lipinski definition) is 4. The minimum Gasteiger partial charge on any atom is -0.476 e. The van der Waals surface area contributed by atoms with Crippen LogP contribution in [0.3, 0.4) is 0 Å². The lowest BCUT2D eigenvalue weighted by molar-refractivity contribution is 0.0688. The van der Waals surface area contributed by atoms with Gasteiger partial charge in [-0.1, -0.05) is 0 Å². The second-order valence-electron chi connectivity index (χ2n) is 5.45. The molecule has 1 aromatic rings. The number of piperidine rings is 1. The van der Waals surface area contributed by atoms with Crippen molar-refractivity contribution in [3.63, 3.8) is 0 Å². The molecule has 0 aliphatic carbocycles. The highest BCUT2D eigenvalue weighted by Crippen LogP contribution is 2.41. The van der Waals surface area contributed by atoms with Gasteiger partial charge >= 0.3 is 5.97 Å². The van der Waals surface area contributed by atoms with Crippen LogP contribution < -0.4 is 0 Å². The second-order valence-corrected chi connectivity index (χ2v) is 6.30. The monoisotopic (exact) mass is 325 g/mol. The quantitative estimate of drug-likeness (QED) is 0.903. The van der Waals surface area contributed by atoms with Crippen molar-refractivity contribution in [3.05, 3.63) is 22.2 Å². The molecular formula is C13H16BrN3O2. The minimum absolute atomic E-state index is 0.0660. The predicted octanol–water partition coefficient (Wildman–Crippen LogP) is 2.28. The number of aromatic nitrogens is 2. The predicted molar refractivity (Wildman–Crippen MR) is 73.2 cm³/mol. The van der Waals surface area contributed by atoms with E-state index in [2.05, 4.69) is 37.8 Å². The molecule has 3 rings (SSSR count). The summed E-state index contributed by atoms with van der Waals surface area (Å²) in [5.74, 6) is -0.0306. The largest absolute Gasteiger partial charge is 0.476 e. The van der Waals surface area contributed by atoms with Crippen LogP contribution in [0.2, 0.25) is 0 Å². The van der Waals surface area contributed by atoms with Gasteiger partial charge in [-0.25, -0.2) is 14.8 Å². The maximum atomic E-state index is 11.1. The summed E-state index contributed by atoms with van der Waals surface area (Å²) >= 11 is 3.19. The van der Waals surface area contributed by atoms with E-state index in [1.165, 1.54) is 12.8 Å². The summed E-state index contributed by atoms with van der Waals surface area (Å²) in [6.07, 6.45) is 6.10. The van der Waals surface area contributed by atoms with Crippen LogP contribution in [-0.4, -0.2) is 45.1 Å². The van der Waals surface area contributed by atoms with Gasteiger partial charge in [0.05, 0.1) is 4.47 Å². The Balaban J connectivity index is 1.87. The SMILES string of the molecule is CN1C2CCC1CC(c1ncc(Br)c(C(=O)O)n1)C2. The molecule has 2 aliphatic heterocycles. The lowest BCUT2D eigenvalue weighted by Crippen LogP contribution is -2.39. The summed E-state index contributed by atoms with van der Waals surface area (Å²) in [5, 5.41) is 9.12. The third-order valence-corrected chi connectivity index (χ3v) is 5.01. The molecule has 102 valence electrons. The van der Waals surface area contributed by atoms with Gasteiger partial charge in [0.1, 0.15) is 5.82 Å². The minimum atomic E-state index is -1.01. The van der Waals surface area contributed by atoms with Gasteiger partial charge < -0.3 is 10.0 Å². The molecule has 0 saturated carbocycles. The van der Waals surface area contributed by atoms with Crippen LogP contribution >= 0.6 is 15.9 Å². The highest BCUT2D eigenvalue weighted by molar-refractivity contribution is 9.10. The number of carboxylic acids is 1. The molecular weight excluding hydrogens is 310 g/mol. The maximum absolute atomic E-state index is 11.1. The van der Waals surface area contributed by atoms with Crippen molar-refractivity contribution in [2.75, 3.05) is 7.05 Å². The summed E-state index contributed by atoms with van der Waals surface area (Å²) in [6, 6.07) is 1.20. The van der Waals surface area contributed by atoms with E-state index in [1.54, 1.807) is 6.20 Å². The van der Waals surface area contributed by atoms with Crippen molar-refractivity contribution < 1.29 is 9.90 Å². The Kier molecular flexibility index (Phi) is 3.30. The van der Waals surface area contributed by atoms with Crippen molar-refractivity contribution in [2.24, 2.45) is 0 Å². The number of halogens is 1. The van der Waals surface area contributed by atoms with Gasteiger partial charge in [0.15, 0.2) is 5.69 Å². The molecule has 1 aromatic heterocycles. The Morgan fingerprint density at radius 1 is 1.42 bits per heavy atom. The molecule has 2 aliphatic rings. The molecule has 3 heterocycles. The van der Waals surface area contributed by atoms with Crippen LogP contribution in [0.1, 0.15) is 47.9 Å². The molecule has 19 heavy (non-hydrogen) atoms.